The van der Waals surface area contributed by atoms with E-state index in [1.54, 1.807) is 32.5 Å². The van der Waals surface area contributed by atoms with Gasteiger partial charge in [-0.15, -0.1) is 0 Å². The largest absolute Gasteiger partial charge is 0.493 e. The fourth-order valence-corrected chi connectivity index (χ4v) is 3.35. The number of fused-ring (bicyclic) bond motifs is 1. The second-order valence-corrected chi connectivity index (χ2v) is 7.90. The molecule has 152 valence electrons. The summed E-state index contributed by atoms with van der Waals surface area (Å²) in [6.45, 7) is 7.07. The monoisotopic (exact) mass is 388 g/mol. The van der Waals surface area contributed by atoms with Crippen molar-refractivity contribution in [1.29, 1.82) is 0 Å². The van der Waals surface area contributed by atoms with E-state index in [0.717, 1.165) is 29.7 Å². The number of carbonyl (C=O) groups excluding carboxylic acids is 1. The third kappa shape index (κ3) is 4.05. The lowest BCUT2D eigenvalue weighted by Gasteiger charge is -2.28. The molecule has 0 saturated carbocycles. The highest BCUT2D eigenvalue weighted by atomic mass is 16.6. The van der Waals surface area contributed by atoms with Crippen LogP contribution in [-0.4, -0.2) is 67.0 Å². The Labute approximate surface area is 165 Å². The Morgan fingerprint density at radius 1 is 1.18 bits per heavy atom. The van der Waals surface area contributed by atoms with Gasteiger partial charge in [-0.3, -0.25) is 0 Å². The average molecular weight is 388 g/mol. The van der Waals surface area contributed by atoms with Gasteiger partial charge in [0.25, 0.3) is 0 Å². The Kier molecular flexibility index (Phi) is 5.49. The highest BCUT2D eigenvalue weighted by Crippen LogP contribution is 2.35. The van der Waals surface area contributed by atoms with E-state index in [-0.39, 0.29) is 12.1 Å². The number of rotatable bonds is 4. The molecule has 1 amide bonds. The Hall–Kier alpha value is -2.77. The molecule has 3 rings (SSSR count). The summed E-state index contributed by atoms with van der Waals surface area (Å²) < 4.78 is 16.3. The summed E-state index contributed by atoms with van der Waals surface area (Å²) in [5.41, 5.74) is 0.272. The van der Waals surface area contributed by atoms with Crippen LogP contribution in [0.1, 0.15) is 27.2 Å². The van der Waals surface area contributed by atoms with Crippen molar-refractivity contribution in [2.75, 3.05) is 39.3 Å². The second kappa shape index (κ2) is 7.69. The van der Waals surface area contributed by atoms with Gasteiger partial charge in [0.2, 0.25) is 0 Å². The van der Waals surface area contributed by atoms with Gasteiger partial charge in [-0.25, -0.2) is 14.8 Å². The topological polar surface area (TPSA) is 77.0 Å². The van der Waals surface area contributed by atoms with E-state index >= 15 is 0 Å². The average Bonchev–Trinajstić information content (AvgIpc) is 3.14. The molecule has 8 nitrogen and oxygen atoms in total. The fourth-order valence-electron chi connectivity index (χ4n) is 3.35. The normalized spacial score (nSPS) is 16.9. The predicted octanol–water partition coefficient (Wildman–Crippen LogP) is 3.09. The number of aromatic nitrogens is 2. The maximum Gasteiger partial charge on any atom is 0.410 e. The van der Waals surface area contributed by atoms with Crippen molar-refractivity contribution in [3.63, 3.8) is 0 Å². The van der Waals surface area contributed by atoms with Crippen LogP contribution in [0.2, 0.25) is 0 Å². The van der Waals surface area contributed by atoms with Crippen molar-refractivity contribution in [2.45, 2.75) is 38.8 Å². The van der Waals surface area contributed by atoms with E-state index < -0.39 is 5.60 Å². The minimum Gasteiger partial charge on any atom is -0.493 e. The predicted molar refractivity (Wildman–Crippen MR) is 107 cm³/mol. The quantitative estimate of drug-likeness (QED) is 0.796. The smallest absolute Gasteiger partial charge is 0.410 e. The lowest BCUT2D eigenvalue weighted by atomic mass is 10.2. The van der Waals surface area contributed by atoms with Crippen molar-refractivity contribution in [3.05, 3.63) is 18.5 Å². The zero-order valence-corrected chi connectivity index (χ0v) is 17.4. The molecule has 1 fully saturated rings. The SMILES string of the molecule is COc1cc2ncnc(N3CCC(N(C)C(=O)OC(C)(C)C)C3)c2cc1OC. The van der Waals surface area contributed by atoms with E-state index in [1.807, 2.05) is 32.9 Å². The Morgan fingerprint density at radius 3 is 2.50 bits per heavy atom. The number of hydrogen-bond acceptors (Lipinski definition) is 7. The summed E-state index contributed by atoms with van der Waals surface area (Å²) in [6, 6.07) is 3.80. The zero-order chi connectivity index (χ0) is 20.5. The Balaban J connectivity index is 1.83. The highest BCUT2D eigenvalue weighted by Gasteiger charge is 2.32. The summed E-state index contributed by atoms with van der Waals surface area (Å²) >= 11 is 0. The molecule has 1 saturated heterocycles. The molecular weight excluding hydrogens is 360 g/mol. The van der Waals surface area contributed by atoms with Gasteiger partial charge in [0.15, 0.2) is 11.5 Å². The van der Waals surface area contributed by atoms with Crippen LogP contribution in [0.15, 0.2) is 18.5 Å². The van der Waals surface area contributed by atoms with Crippen LogP contribution < -0.4 is 14.4 Å². The number of likely N-dealkylation sites (N-methyl/N-ethyl adjacent to an activating group) is 1. The number of ether oxygens (including phenoxy) is 3. The molecule has 1 aromatic heterocycles. The standard InChI is InChI=1S/C20H28N4O4/c1-20(2,3)28-19(25)23(4)13-7-8-24(11-13)18-14-9-16(26-5)17(27-6)10-15(14)21-12-22-18/h9-10,12-13H,7-8,11H2,1-6H3. The lowest BCUT2D eigenvalue weighted by Crippen LogP contribution is -2.42. The molecule has 0 spiro atoms. The van der Waals surface area contributed by atoms with Crippen LogP contribution in [0.3, 0.4) is 0 Å². The number of benzene rings is 1. The lowest BCUT2D eigenvalue weighted by molar-refractivity contribution is 0.0238. The van der Waals surface area contributed by atoms with Crippen LogP contribution in [0.4, 0.5) is 10.6 Å². The van der Waals surface area contributed by atoms with E-state index in [0.29, 0.717) is 18.0 Å². The van der Waals surface area contributed by atoms with Gasteiger partial charge in [-0.1, -0.05) is 0 Å². The van der Waals surface area contributed by atoms with E-state index in [4.69, 9.17) is 14.2 Å². The molecule has 0 bridgehead atoms. The van der Waals surface area contributed by atoms with Gasteiger partial charge in [-0.05, 0) is 33.3 Å². The molecule has 1 aliphatic heterocycles. The van der Waals surface area contributed by atoms with Gasteiger partial charge in [-0.2, -0.15) is 0 Å². The number of methoxy groups -OCH3 is 2. The van der Waals surface area contributed by atoms with Gasteiger partial charge in [0.1, 0.15) is 17.7 Å². The zero-order valence-electron chi connectivity index (χ0n) is 17.4. The van der Waals surface area contributed by atoms with Crippen LogP contribution >= 0.6 is 0 Å². The molecule has 0 N–H and O–H groups in total. The van der Waals surface area contributed by atoms with Crippen LogP contribution in [0.25, 0.3) is 10.9 Å². The first-order valence-corrected chi connectivity index (χ1v) is 9.31. The first-order valence-electron chi connectivity index (χ1n) is 9.31. The second-order valence-electron chi connectivity index (χ2n) is 7.90. The van der Waals surface area contributed by atoms with Crippen molar-refractivity contribution in [3.8, 4) is 11.5 Å². The van der Waals surface area contributed by atoms with Gasteiger partial charge < -0.3 is 24.0 Å². The molecule has 1 aliphatic rings. The van der Waals surface area contributed by atoms with E-state index in [9.17, 15) is 4.79 Å². The van der Waals surface area contributed by atoms with Crippen molar-refractivity contribution in [2.24, 2.45) is 0 Å². The number of nitrogens with zero attached hydrogens (tertiary/aromatic N) is 4. The van der Waals surface area contributed by atoms with E-state index in [1.165, 1.54) is 0 Å². The summed E-state index contributed by atoms with van der Waals surface area (Å²) in [4.78, 5) is 25.1. The van der Waals surface area contributed by atoms with Gasteiger partial charge in [0.05, 0.1) is 25.8 Å². The molecule has 2 heterocycles. The maximum atomic E-state index is 12.4. The summed E-state index contributed by atoms with van der Waals surface area (Å²) in [5, 5.41) is 0.890. The minimum atomic E-state index is -0.512. The van der Waals surface area contributed by atoms with Crippen LogP contribution in [0, 0.1) is 0 Å². The molecule has 28 heavy (non-hydrogen) atoms. The molecule has 0 aliphatic carbocycles. The maximum absolute atomic E-state index is 12.4. The molecule has 1 atom stereocenters. The number of anilines is 1. The van der Waals surface area contributed by atoms with Crippen LogP contribution in [0.5, 0.6) is 11.5 Å². The van der Waals surface area contributed by atoms with E-state index in [2.05, 4.69) is 14.9 Å². The van der Waals surface area contributed by atoms with Crippen molar-refractivity contribution in [1.82, 2.24) is 14.9 Å². The Bertz CT molecular complexity index is 865. The number of amides is 1. The third-order valence-electron chi connectivity index (χ3n) is 4.81. The summed E-state index contributed by atoms with van der Waals surface area (Å²) in [5.74, 6) is 2.09. The van der Waals surface area contributed by atoms with Crippen molar-refractivity contribution >= 4 is 22.8 Å². The summed E-state index contributed by atoms with van der Waals surface area (Å²) in [7, 11) is 4.99. The molecule has 0 radical (unpaired) electrons. The molecule has 1 unspecified atom stereocenters. The molecule has 1 aromatic carbocycles. The minimum absolute atomic E-state index is 0.0556. The first kappa shape index (κ1) is 20.0. The fraction of sp³-hybridized carbons (Fsp3) is 0.550. The Morgan fingerprint density at radius 2 is 1.86 bits per heavy atom. The van der Waals surface area contributed by atoms with Gasteiger partial charge >= 0.3 is 6.09 Å². The number of carbonyl (C=O) groups is 1. The molecule has 2 aromatic rings. The van der Waals surface area contributed by atoms with Crippen molar-refractivity contribution < 1.29 is 19.0 Å². The number of hydrogen-bond donors (Lipinski definition) is 0. The highest BCUT2D eigenvalue weighted by molar-refractivity contribution is 5.92. The van der Waals surface area contributed by atoms with Gasteiger partial charge in [0, 0.05) is 31.6 Å². The summed E-state index contributed by atoms with van der Waals surface area (Å²) in [6.07, 6.45) is 2.08. The third-order valence-corrected chi connectivity index (χ3v) is 4.81. The molecule has 8 heteroatoms. The first-order chi connectivity index (χ1) is 13.2. The molecular formula is C20H28N4O4. The van der Waals surface area contributed by atoms with Crippen LogP contribution in [-0.2, 0) is 4.74 Å².